The lowest BCUT2D eigenvalue weighted by Gasteiger charge is -2.17. The summed E-state index contributed by atoms with van der Waals surface area (Å²) in [4.78, 5) is 0. The first-order valence-corrected chi connectivity index (χ1v) is 10.0. The highest BCUT2D eigenvalue weighted by Gasteiger charge is 2.20. The summed E-state index contributed by atoms with van der Waals surface area (Å²) in [6.07, 6.45) is 0.459. The van der Waals surface area contributed by atoms with Crippen molar-refractivity contribution in [3.63, 3.8) is 0 Å². The van der Waals surface area contributed by atoms with Crippen molar-refractivity contribution in [2.45, 2.75) is 32.8 Å². The summed E-state index contributed by atoms with van der Waals surface area (Å²) in [7, 11) is 0. The molecule has 0 bridgehead atoms. The van der Waals surface area contributed by atoms with Gasteiger partial charge in [0.15, 0.2) is 11.9 Å². The highest BCUT2D eigenvalue weighted by Crippen LogP contribution is 2.28. The largest absolute Gasteiger partial charge is 0.482 e. The predicted octanol–water partition coefficient (Wildman–Crippen LogP) is 5.04. The summed E-state index contributed by atoms with van der Waals surface area (Å²) in [6.45, 7) is 2.81. The van der Waals surface area contributed by atoms with Gasteiger partial charge in [0.25, 0.3) is 0 Å². The Morgan fingerprint density at radius 1 is 0.867 bits per heavy atom. The van der Waals surface area contributed by atoms with Crippen molar-refractivity contribution in [1.29, 1.82) is 0 Å². The Balaban J connectivity index is 1.44. The molecule has 0 aliphatic carbocycles. The van der Waals surface area contributed by atoms with Crippen molar-refractivity contribution in [1.82, 2.24) is 20.2 Å². The molecule has 0 fully saturated rings. The molecule has 0 saturated carbocycles. The molecule has 30 heavy (non-hydrogen) atoms. The van der Waals surface area contributed by atoms with Crippen LogP contribution in [0.25, 0.3) is 11.1 Å². The summed E-state index contributed by atoms with van der Waals surface area (Å²) in [5.41, 5.74) is 3.36. The molecule has 1 atom stereocenters. The first kappa shape index (κ1) is 19.8. The van der Waals surface area contributed by atoms with Crippen molar-refractivity contribution >= 4 is 0 Å². The Morgan fingerprint density at radius 3 is 2.37 bits per heavy atom. The molecular formula is C24H24N4O2. The maximum atomic E-state index is 6.26. The molecule has 0 amide bonds. The van der Waals surface area contributed by atoms with Gasteiger partial charge >= 0.3 is 0 Å². The van der Waals surface area contributed by atoms with Crippen molar-refractivity contribution in [2.75, 3.05) is 0 Å². The zero-order valence-corrected chi connectivity index (χ0v) is 16.9. The van der Waals surface area contributed by atoms with Crippen molar-refractivity contribution in [2.24, 2.45) is 0 Å². The van der Waals surface area contributed by atoms with Gasteiger partial charge in [-0.25, -0.2) is 0 Å². The van der Waals surface area contributed by atoms with Crippen LogP contribution in [0.5, 0.6) is 5.75 Å². The van der Waals surface area contributed by atoms with E-state index in [1.54, 1.807) is 4.68 Å². The van der Waals surface area contributed by atoms with E-state index in [0.29, 0.717) is 12.4 Å². The van der Waals surface area contributed by atoms with E-state index in [2.05, 4.69) is 40.6 Å². The molecule has 4 aromatic rings. The van der Waals surface area contributed by atoms with Crippen LogP contribution in [0.3, 0.4) is 0 Å². The summed E-state index contributed by atoms with van der Waals surface area (Å²) in [5, 5.41) is 12.1. The Hall–Kier alpha value is -3.51. The van der Waals surface area contributed by atoms with Crippen molar-refractivity contribution in [3.05, 3.63) is 96.3 Å². The number of benzene rings is 3. The molecule has 0 saturated heterocycles. The van der Waals surface area contributed by atoms with Crippen LogP contribution in [0.4, 0.5) is 0 Å². The van der Waals surface area contributed by atoms with Crippen LogP contribution >= 0.6 is 0 Å². The fourth-order valence-corrected chi connectivity index (χ4v) is 3.22. The van der Waals surface area contributed by atoms with Crippen molar-refractivity contribution < 1.29 is 9.47 Å². The van der Waals surface area contributed by atoms with E-state index in [9.17, 15) is 0 Å². The first-order chi connectivity index (χ1) is 14.8. The zero-order chi connectivity index (χ0) is 20.6. The van der Waals surface area contributed by atoms with E-state index in [0.717, 1.165) is 28.9 Å². The average molecular weight is 400 g/mol. The average Bonchev–Trinajstić information content (AvgIpc) is 3.27. The van der Waals surface area contributed by atoms with Crippen LogP contribution in [-0.2, 0) is 18.1 Å². The molecule has 1 aromatic heterocycles. The lowest BCUT2D eigenvalue weighted by Crippen LogP contribution is -2.16. The van der Waals surface area contributed by atoms with Gasteiger partial charge in [-0.15, -0.1) is 5.10 Å². The SMILES string of the molecule is CCC(Oc1cccc(-c2ccccc2)c1)c1nnnn1COCc1ccccc1. The topological polar surface area (TPSA) is 62.1 Å². The summed E-state index contributed by atoms with van der Waals surface area (Å²) in [6, 6.07) is 28.3. The normalized spacial score (nSPS) is 11.9. The Labute approximate surface area is 176 Å². The molecule has 1 unspecified atom stereocenters. The monoisotopic (exact) mass is 400 g/mol. The van der Waals surface area contributed by atoms with Gasteiger partial charge in [0.1, 0.15) is 12.5 Å². The van der Waals surface area contributed by atoms with E-state index >= 15 is 0 Å². The fourth-order valence-electron chi connectivity index (χ4n) is 3.22. The minimum absolute atomic E-state index is 0.265. The standard InChI is InChI=1S/C24H24N4O2/c1-2-23(30-22-15-9-14-21(16-22)20-12-7-4-8-13-20)24-25-26-27-28(24)18-29-17-19-10-5-3-6-11-19/h3-16,23H,2,17-18H2,1H3. The van der Waals surface area contributed by atoms with E-state index in [4.69, 9.17) is 9.47 Å². The van der Waals surface area contributed by atoms with E-state index in [1.165, 1.54) is 0 Å². The van der Waals surface area contributed by atoms with Gasteiger partial charge in [0, 0.05) is 0 Å². The lowest BCUT2D eigenvalue weighted by atomic mass is 10.1. The van der Waals surface area contributed by atoms with Gasteiger partial charge in [0.2, 0.25) is 0 Å². The number of nitrogens with zero attached hydrogens (tertiary/aromatic N) is 4. The predicted molar refractivity (Wildman–Crippen MR) is 115 cm³/mol. The zero-order valence-electron chi connectivity index (χ0n) is 16.9. The number of aromatic nitrogens is 4. The minimum Gasteiger partial charge on any atom is -0.482 e. The smallest absolute Gasteiger partial charge is 0.194 e. The van der Waals surface area contributed by atoms with Crippen LogP contribution in [0, 0.1) is 0 Å². The molecule has 0 spiro atoms. The highest BCUT2D eigenvalue weighted by atomic mass is 16.5. The lowest BCUT2D eigenvalue weighted by molar-refractivity contribution is 0.0471. The van der Waals surface area contributed by atoms with Gasteiger partial charge in [-0.2, -0.15) is 4.68 Å². The van der Waals surface area contributed by atoms with Gasteiger partial charge in [-0.05, 0) is 45.7 Å². The van der Waals surface area contributed by atoms with E-state index in [-0.39, 0.29) is 12.8 Å². The Kier molecular flexibility index (Phi) is 6.47. The van der Waals surface area contributed by atoms with Crippen LogP contribution in [0.15, 0.2) is 84.9 Å². The van der Waals surface area contributed by atoms with Gasteiger partial charge in [0.05, 0.1) is 6.61 Å². The molecule has 6 nitrogen and oxygen atoms in total. The van der Waals surface area contributed by atoms with Crippen molar-refractivity contribution in [3.8, 4) is 16.9 Å². The molecule has 6 heteroatoms. The van der Waals surface area contributed by atoms with E-state index < -0.39 is 0 Å². The maximum Gasteiger partial charge on any atom is 0.194 e. The maximum absolute atomic E-state index is 6.26. The summed E-state index contributed by atoms with van der Waals surface area (Å²) >= 11 is 0. The third-order valence-electron chi connectivity index (χ3n) is 4.76. The Bertz CT molecular complexity index is 1050. The number of hydrogen-bond donors (Lipinski definition) is 0. The second-order valence-electron chi connectivity index (χ2n) is 6.91. The fraction of sp³-hybridized carbons (Fsp3) is 0.208. The first-order valence-electron chi connectivity index (χ1n) is 10.0. The quantitative estimate of drug-likeness (QED) is 0.394. The summed E-state index contributed by atoms with van der Waals surface area (Å²) < 4.78 is 13.7. The second-order valence-corrected chi connectivity index (χ2v) is 6.91. The molecule has 4 rings (SSSR count). The summed E-state index contributed by atoms with van der Waals surface area (Å²) in [5.74, 6) is 1.43. The Morgan fingerprint density at radius 2 is 1.60 bits per heavy atom. The van der Waals surface area contributed by atoms with Gasteiger partial charge in [-0.3, -0.25) is 0 Å². The molecule has 152 valence electrons. The van der Waals surface area contributed by atoms with Crippen LogP contribution in [0.1, 0.15) is 30.8 Å². The molecule has 3 aromatic carbocycles. The molecule has 1 heterocycles. The number of tetrazole rings is 1. The minimum atomic E-state index is -0.272. The second kappa shape index (κ2) is 9.80. The molecule has 0 N–H and O–H groups in total. The van der Waals surface area contributed by atoms with Gasteiger partial charge in [-0.1, -0.05) is 79.7 Å². The number of ether oxygens (including phenoxy) is 2. The third-order valence-corrected chi connectivity index (χ3v) is 4.76. The molecule has 0 aliphatic heterocycles. The molecular weight excluding hydrogens is 376 g/mol. The van der Waals surface area contributed by atoms with E-state index in [1.807, 2.05) is 66.7 Å². The third kappa shape index (κ3) is 4.90. The number of rotatable bonds is 9. The van der Waals surface area contributed by atoms with Crippen LogP contribution < -0.4 is 4.74 Å². The molecule has 0 radical (unpaired) electrons. The molecule has 0 aliphatic rings. The van der Waals surface area contributed by atoms with Gasteiger partial charge < -0.3 is 9.47 Å². The van der Waals surface area contributed by atoms with Crippen LogP contribution in [0.2, 0.25) is 0 Å². The van der Waals surface area contributed by atoms with Crippen LogP contribution in [-0.4, -0.2) is 20.2 Å². The highest BCUT2D eigenvalue weighted by molar-refractivity contribution is 5.64. The number of hydrogen-bond acceptors (Lipinski definition) is 5.